The fraction of sp³-hybridized carbons (Fsp3) is 0. The molecular weight excluding hydrogens is 1520 g/mol. The van der Waals surface area contributed by atoms with E-state index in [4.69, 9.17) is 47.6 Å². The van der Waals surface area contributed by atoms with Crippen molar-refractivity contribution in [3.63, 3.8) is 0 Å². The topological polar surface area (TPSA) is 130 Å². The van der Waals surface area contributed by atoms with Crippen molar-refractivity contribution in [1.82, 2.24) is 29.9 Å². The van der Waals surface area contributed by atoms with Crippen LogP contribution in [0.1, 0.15) is 0 Å². The lowest BCUT2D eigenvalue weighted by molar-refractivity contribution is 0.668. The zero-order valence-electron chi connectivity index (χ0n) is 66.6. The number of nitrogens with zero attached hydrogens (tertiary/aromatic N) is 6. The zero-order chi connectivity index (χ0) is 81.7. The zero-order valence-corrected chi connectivity index (χ0v) is 66.6. The highest BCUT2D eigenvalue weighted by Crippen LogP contribution is 2.46. The molecule has 6 aromatic heterocycles. The first-order valence-electron chi connectivity index (χ1n) is 41.6. The molecule has 0 radical (unpaired) electrons. The van der Waals surface area contributed by atoms with Gasteiger partial charge in [-0.2, -0.15) is 0 Å². The lowest BCUT2D eigenvalue weighted by Gasteiger charge is -2.13. The number of aromatic nitrogens is 6. The fourth-order valence-electron chi connectivity index (χ4n) is 17.8. The normalized spacial score (nSPS) is 11.7. The van der Waals surface area contributed by atoms with Crippen molar-refractivity contribution in [2.75, 3.05) is 0 Å². The summed E-state index contributed by atoms with van der Waals surface area (Å²) in [6.45, 7) is 0. The van der Waals surface area contributed by atoms with E-state index in [2.05, 4.69) is 309 Å². The first-order valence-corrected chi connectivity index (χ1v) is 41.6. The molecule has 0 unspecified atom stereocenters. The van der Waals surface area contributed by atoms with Gasteiger partial charge in [0.05, 0.1) is 0 Å². The maximum absolute atomic E-state index is 7.25. The van der Waals surface area contributed by atoms with Gasteiger partial charge < -0.3 is 17.7 Å². The molecule has 10 heteroatoms. The Labute approximate surface area is 711 Å². The van der Waals surface area contributed by atoms with E-state index >= 15 is 0 Å². The van der Waals surface area contributed by atoms with Crippen LogP contribution < -0.4 is 0 Å². The van der Waals surface area contributed by atoms with Crippen LogP contribution in [0.3, 0.4) is 0 Å². The molecule has 124 heavy (non-hydrogen) atoms. The summed E-state index contributed by atoms with van der Waals surface area (Å²) in [5.74, 6) is 3.32. The summed E-state index contributed by atoms with van der Waals surface area (Å²) < 4.78 is 26.7. The Balaban J connectivity index is 0.575. The largest absolute Gasteiger partial charge is 0.456 e. The van der Waals surface area contributed by atoms with Gasteiger partial charge in [-0.15, -0.1) is 0 Å². The highest BCUT2D eigenvalue weighted by Gasteiger charge is 2.24. The minimum absolute atomic E-state index is 0.523. The van der Waals surface area contributed by atoms with Gasteiger partial charge in [0.15, 0.2) is 34.9 Å². The quantitative estimate of drug-likeness (QED) is 0.0978. The van der Waals surface area contributed by atoms with Crippen molar-refractivity contribution in [3.05, 3.63) is 413 Å². The second-order valence-corrected chi connectivity index (χ2v) is 31.6. The summed E-state index contributed by atoms with van der Waals surface area (Å²) in [4.78, 5) is 31.9. The summed E-state index contributed by atoms with van der Waals surface area (Å²) in [5, 5.41) is 8.31. The number of benzene rings is 18. The molecule has 0 bridgehead atoms. The van der Waals surface area contributed by atoms with Crippen LogP contribution in [-0.4, -0.2) is 29.9 Å². The van der Waals surface area contributed by atoms with Crippen molar-refractivity contribution >= 4 is 87.8 Å². The van der Waals surface area contributed by atoms with Gasteiger partial charge in [-0.25, -0.2) is 29.9 Å². The van der Waals surface area contributed by atoms with Gasteiger partial charge in [0.2, 0.25) is 0 Å². The van der Waals surface area contributed by atoms with Crippen molar-refractivity contribution in [2.24, 2.45) is 0 Å². The molecule has 0 aliphatic heterocycles. The van der Waals surface area contributed by atoms with E-state index < -0.39 is 0 Å². The molecule has 0 saturated carbocycles. The van der Waals surface area contributed by atoms with Gasteiger partial charge >= 0.3 is 0 Å². The average Bonchev–Trinajstić information content (AvgIpc) is 1.54. The molecular formula is C114H68N6O4. The van der Waals surface area contributed by atoms with E-state index in [-0.39, 0.29) is 0 Å². The Hall–Kier alpha value is -16.8. The first kappa shape index (κ1) is 71.3. The highest BCUT2D eigenvalue weighted by molar-refractivity contribution is 6.14. The highest BCUT2D eigenvalue weighted by atomic mass is 16.3. The molecule has 0 N–H and O–H groups in total. The molecule has 18 aromatic carbocycles. The third-order valence-electron chi connectivity index (χ3n) is 24.0. The Morgan fingerprint density at radius 3 is 0.855 bits per heavy atom. The lowest BCUT2D eigenvalue weighted by atomic mass is 9.92. The second-order valence-electron chi connectivity index (χ2n) is 31.6. The molecule has 578 valence electrons. The minimum Gasteiger partial charge on any atom is -0.456 e. The van der Waals surface area contributed by atoms with Crippen LogP contribution in [0.15, 0.2) is 430 Å². The SMILES string of the molecule is c1ccc(-c2cccc(-c3ccc(-c4nc(-c5ccccc5)nc(-c5cc(-c6cccc7c6oc6ccccc67)cc(-c6cccc7c6oc6cc(-c8ccccc8-c8cccc(-c9ccc(-c%10nc(-c%11ccccc%11)nc(-c%11cc(-c%12ccc%13oc%14ccccc%14c%13c%12)cc(-c%12ccc%13oc%14ccccc%14c%13c%12)c%11)n%10)cc9)c8)ccc67)c5)n4)cc3)c2)cc1. The molecule has 0 aliphatic rings. The van der Waals surface area contributed by atoms with E-state index in [0.717, 1.165) is 216 Å². The van der Waals surface area contributed by atoms with Gasteiger partial charge in [-0.3, -0.25) is 0 Å². The van der Waals surface area contributed by atoms with Gasteiger partial charge in [0.1, 0.15) is 44.7 Å². The van der Waals surface area contributed by atoms with Crippen LogP contribution in [0.4, 0.5) is 0 Å². The molecule has 24 rings (SSSR count). The Bertz CT molecular complexity index is 8230. The third-order valence-corrected chi connectivity index (χ3v) is 24.0. The number of hydrogen-bond acceptors (Lipinski definition) is 10. The van der Waals surface area contributed by atoms with Crippen LogP contribution in [0.2, 0.25) is 0 Å². The molecule has 0 fully saturated rings. The molecule has 0 saturated heterocycles. The summed E-state index contributed by atoms with van der Waals surface area (Å²) in [7, 11) is 0. The summed E-state index contributed by atoms with van der Waals surface area (Å²) in [5.41, 5.74) is 30.3. The van der Waals surface area contributed by atoms with Gasteiger partial charge in [-0.1, -0.05) is 309 Å². The molecule has 6 heterocycles. The van der Waals surface area contributed by atoms with Crippen LogP contribution in [-0.2, 0) is 0 Å². The molecule has 0 aliphatic carbocycles. The van der Waals surface area contributed by atoms with Gasteiger partial charge in [0, 0.05) is 87.6 Å². The molecule has 10 nitrogen and oxygen atoms in total. The van der Waals surface area contributed by atoms with Crippen LogP contribution in [0, 0.1) is 0 Å². The van der Waals surface area contributed by atoms with E-state index in [1.165, 1.54) is 5.56 Å². The number of rotatable bonds is 15. The smallest absolute Gasteiger partial charge is 0.164 e. The number of fused-ring (bicyclic) bond motifs is 12. The summed E-state index contributed by atoms with van der Waals surface area (Å²) in [6.07, 6.45) is 0. The fourth-order valence-corrected chi connectivity index (χ4v) is 17.8. The molecule has 0 spiro atoms. The lowest BCUT2D eigenvalue weighted by Crippen LogP contribution is -2.00. The molecule has 24 aromatic rings. The maximum Gasteiger partial charge on any atom is 0.164 e. The van der Waals surface area contributed by atoms with E-state index in [0.29, 0.717) is 34.9 Å². The standard InChI is InChI=1S/C114H68N6O4/c1-4-22-69(23-5-1)76-28-18-29-77(58-76)70-44-48-74(49-45-70)112-116-110(73-26-8-3-9-27-73)118-114(120-112)88-64-85(91-37-20-39-97-93-34-12-17-43-103(93)123-107(91)97)63-86(65-88)92-38-21-40-98-96-55-52-82(68-106(96)124-108(92)98)90-33-11-10-32-89(90)81-31-19-30-78(59-81)71-46-50-75(51-47-71)111-115-109(72-24-6-2-7-25-72)117-113(119-111)87-61-83(79-53-56-104-99(66-79)94-35-13-15-41-101(94)121-104)60-84(62-87)80-54-57-105-100(67-80)95-36-14-16-42-102(95)122-105/h1-68H. The van der Waals surface area contributed by atoms with Crippen molar-refractivity contribution in [2.45, 2.75) is 0 Å². The number of para-hydroxylation sites is 5. The second kappa shape index (κ2) is 29.6. The number of furan rings is 4. The van der Waals surface area contributed by atoms with Crippen molar-refractivity contribution in [3.8, 4) is 168 Å². The van der Waals surface area contributed by atoms with Gasteiger partial charge in [0.25, 0.3) is 0 Å². The predicted molar refractivity (Wildman–Crippen MR) is 504 cm³/mol. The Morgan fingerprint density at radius 1 is 0.121 bits per heavy atom. The minimum atomic E-state index is 0.523. The van der Waals surface area contributed by atoms with Gasteiger partial charge in [-0.05, 0) is 192 Å². The van der Waals surface area contributed by atoms with E-state index in [1.54, 1.807) is 0 Å². The Kier molecular flexibility index (Phi) is 17.0. The monoisotopic (exact) mass is 1580 g/mol. The third kappa shape index (κ3) is 12.8. The van der Waals surface area contributed by atoms with Crippen LogP contribution in [0.5, 0.6) is 0 Å². The van der Waals surface area contributed by atoms with Crippen LogP contribution >= 0.6 is 0 Å². The summed E-state index contributed by atoms with van der Waals surface area (Å²) in [6, 6.07) is 144. The maximum atomic E-state index is 7.25. The van der Waals surface area contributed by atoms with Crippen LogP contribution in [0.25, 0.3) is 256 Å². The molecule has 0 amide bonds. The summed E-state index contributed by atoms with van der Waals surface area (Å²) >= 11 is 0. The van der Waals surface area contributed by atoms with Crippen molar-refractivity contribution in [1.29, 1.82) is 0 Å². The Morgan fingerprint density at radius 2 is 0.379 bits per heavy atom. The van der Waals surface area contributed by atoms with E-state index in [1.807, 2.05) is 103 Å². The van der Waals surface area contributed by atoms with E-state index in [9.17, 15) is 0 Å². The number of hydrogen-bond donors (Lipinski definition) is 0. The van der Waals surface area contributed by atoms with Crippen molar-refractivity contribution < 1.29 is 17.7 Å². The molecule has 0 atom stereocenters. The average molecular weight is 1590 g/mol. The predicted octanol–water partition coefficient (Wildman–Crippen LogP) is 30.7. The first-order chi connectivity index (χ1) is 61.3.